The van der Waals surface area contributed by atoms with Crippen molar-refractivity contribution in [1.82, 2.24) is 4.90 Å². The minimum absolute atomic E-state index is 0.0819. The van der Waals surface area contributed by atoms with Gasteiger partial charge in [-0.2, -0.15) is 0 Å². The van der Waals surface area contributed by atoms with Crippen LogP contribution in [0.4, 0.5) is 11.4 Å². The SMILES string of the molecule is CC(C)CN(Cc1cc(NC(=O)c2ccccc2Cl)ccc1N(C)C)C(=O)CC(C)(C)C. The number of nitrogens with one attached hydrogen (secondary N) is 1. The molecule has 1 N–H and O–H groups in total. The molecule has 2 aromatic rings. The summed E-state index contributed by atoms with van der Waals surface area (Å²) >= 11 is 6.18. The van der Waals surface area contributed by atoms with Crippen LogP contribution in [-0.4, -0.2) is 37.4 Å². The Morgan fingerprint density at radius 3 is 2.28 bits per heavy atom. The van der Waals surface area contributed by atoms with Gasteiger partial charge in [-0.05, 0) is 47.2 Å². The highest BCUT2D eigenvalue weighted by molar-refractivity contribution is 6.34. The normalized spacial score (nSPS) is 11.4. The minimum atomic E-state index is -0.262. The Balaban J connectivity index is 2.34. The first-order valence-electron chi connectivity index (χ1n) is 11.0. The number of rotatable bonds is 8. The van der Waals surface area contributed by atoms with E-state index in [0.717, 1.165) is 11.3 Å². The maximum absolute atomic E-state index is 13.1. The zero-order valence-corrected chi connectivity index (χ0v) is 21.1. The van der Waals surface area contributed by atoms with Gasteiger partial charge in [-0.1, -0.05) is 58.4 Å². The van der Waals surface area contributed by atoms with Gasteiger partial charge in [0, 0.05) is 45.0 Å². The van der Waals surface area contributed by atoms with Crippen LogP contribution in [0.5, 0.6) is 0 Å². The van der Waals surface area contributed by atoms with Crippen LogP contribution >= 0.6 is 11.6 Å². The molecule has 32 heavy (non-hydrogen) atoms. The summed E-state index contributed by atoms with van der Waals surface area (Å²) in [5, 5.41) is 3.35. The van der Waals surface area contributed by atoms with Crippen LogP contribution in [-0.2, 0) is 11.3 Å². The van der Waals surface area contributed by atoms with Gasteiger partial charge in [0.2, 0.25) is 5.91 Å². The van der Waals surface area contributed by atoms with Crippen molar-refractivity contribution in [3.05, 3.63) is 58.6 Å². The number of carbonyl (C=O) groups excluding carboxylic acids is 2. The summed E-state index contributed by atoms with van der Waals surface area (Å²) in [4.78, 5) is 29.8. The molecule has 0 fully saturated rings. The summed E-state index contributed by atoms with van der Waals surface area (Å²) < 4.78 is 0. The Bertz CT molecular complexity index is 948. The lowest BCUT2D eigenvalue weighted by Gasteiger charge is -2.30. The highest BCUT2D eigenvalue weighted by Gasteiger charge is 2.23. The van der Waals surface area contributed by atoms with Gasteiger partial charge in [-0.15, -0.1) is 0 Å². The molecule has 0 spiro atoms. The van der Waals surface area contributed by atoms with Gasteiger partial charge in [0.1, 0.15) is 0 Å². The molecule has 0 aliphatic carbocycles. The molecular weight excluding hydrogens is 422 g/mol. The van der Waals surface area contributed by atoms with E-state index in [1.807, 2.05) is 42.1 Å². The van der Waals surface area contributed by atoms with E-state index in [2.05, 4.69) is 39.9 Å². The Labute approximate surface area is 197 Å². The number of hydrogen-bond donors (Lipinski definition) is 1. The number of benzene rings is 2. The lowest BCUT2D eigenvalue weighted by Crippen LogP contribution is -2.36. The average molecular weight is 458 g/mol. The van der Waals surface area contributed by atoms with Crippen LogP contribution in [0.2, 0.25) is 5.02 Å². The summed E-state index contributed by atoms with van der Waals surface area (Å²) in [6.07, 6.45) is 0.486. The first-order chi connectivity index (χ1) is 14.9. The fourth-order valence-corrected chi connectivity index (χ4v) is 3.76. The largest absolute Gasteiger partial charge is 0.377 e. The van der Waals surface area contributed by atoms with Crippen molar-refractivity contribution in [2.75, 3.05) is 30.9 Å². The quantitative estimate of drug-likeness (QED) is 0.522. The number of hydrogen-bond acceptors (Lipinski definition) is 3. The maximum atomic E-state index is 13.1. The van der Waals surface area contributed by atoms with Gasteiger partial charge < -0.3 is 15.1 Å². The smallest absolute Gasteiger partial charge is 0.257 e. The lowest BCUT2D eigenvalue weighted by atomic mass is 9.91. The highest BCUT2D eigenvalue weighted by Crippen LogP contribution is 2.27. The summed E-state index contributed by atoms with van der Waals surface area (Å²) in [7, 11) is 3.95. The highest BCUT2D eigenvalue weighted by atomic mass is 35.5. The Morgan fingerprint density at radius 2 is 1.72 bits per heavy atom. The molecule has 5 nitrogen and oxygen atoms in total. The summed E-state index contributed by atoms with van der Waals surface area (Å²) in [6, 6.07) is 12.8. The number of anilines is 2. The number of amides is 2. The fourth-order valence-electron chi connectivity index (χ4n) is 3.54. The number of nitrogens with zero attached hydrogens (tertiary/aromatic N) is 2. The second kappa shape index (κ2) is 10.9. The molecule has 0 aromatic heterocycles. The Kier molecular flexibility index (Phi) is 8.73. The molecule has 0 bridgehead atoms. The average Bonchev–Trinajstić information content (AvgIpc) is 2.66. The van der Waals surface area contributed by atoms with Crippen LogP contribution < -0.4 is 10.2 Å². The molecule has 2 rings (SSSR count). The van der Waals surface area contributed by atoms with E-state index in [4.69, 9.17) is 11.6 Å². The Morgan fingerprint density at radius 1 is 1.06 bits per heavy atom. The molecule has 0 heterocycles. The van der Waals surface area contributed by atoms with E-state index >= 15 is 0 Å². The summed E-state index contributed by atoms with van der Waals surface area (Å²) in [6.45, 7) is 11.6. The Hall–Kier alpha value is -2.53. The van der Waals surface area contributed by atoms with Crippen LogP contribution in [0.15, 0.2) is 42.5 Å². The lowest BCUT2D eigenvalue weighted by molar-refractivity contribution is -0.134. The van der Waals surface area contributed by atoms with Crippen LogP contribution in [0.1, 0.15) is 57.0 Å². The third-order valence-electron chi connectivity index (χ3n) is 4.92. The molecule has 0 aliphatic heterocycles. The predicted molar refractivity (Wildman–Crippen MR) is 135 cm³/mol. The molecule has 0 saturated carbocycles. The van der Waals surface area contributed by atoms with Crippen molar-refractivity contribution < 1.29 is 9.59 Å². The van der Waals surface area contributed by atoms with Gasteiger partial charge in [0.05, 0.1) is 10.6 Å². The molecule has 6 heteroatoms. The van der Waals surface area contributed by atoms with Gasteiger partial charge >= 0.3 is 0 Å². The van der Waals surface area contributed by atoms with Crippen molar-refractivity contribution in [2.24, 2.45) is 11.3 Å². The van der Waals surface area contributed by atoms with Gasteiger partial charge in [0.15, 0.2) is 0 Å². The van der Waals surface area contributed by atoms with Gasteiger partial charge in [-0.3, -0.25) is 9.59 Å². The monoisotopic (exact) mass is 457 g/mol. The third-order valence-corrected chi connectivity index (χ3v) is 5.25. The number of halogens is 1. The predicted octanol–water partition coefficient (Wildman–Crippen LogP) is 6.08. The molecule has 0 aliphatic rings. The molecule has 2 aromatic carbocycles. The fraction of sp³-hybridized carbons (Fsp3) is 0.462. The van der Waals surface area contributed by atoms with Crippen LogP contribution in [0.3, 0.4) is 0 Å². The summed E-state index contributed by atoms with van der Waals surface area (Å²) in [5.74, 6) is 0.230. The molecule has 0 atom stereocenters. The van der Waals surface area contributed by atoms with E-state index < -0.39 is 0 Å². The van der Waals surface area contributed by atoms with Crippen molar-refractivity contribution in [2.45, 2.75) is 47.6 Å². The van der Waals surface area contributed by atoms with Gasteiger partial charge in [0.25, 0.3) is 5.91 Å². The third kappa shape index (κ3) is 7.56. The second-order valence-corrected chi connectivity index (χ2v) is 10.5. The molecule has 0 unspecified atom stereocenters. The maximum Gasteiger partial charge on any atom is 0.257 e. The zero-order valence-electron chi connectivity index (χ0n) is 20.3. The van der Waals surface area contributed by atoms with Crippen LogP contribution in [0.25, 0.3) is 0 Å². The molecule has 0 saturated heterocycles. The molecular formula is C26H36ClN3O2. The molecule has 2 amide bonds. The topological polar surface area (TPSA) is 52.7 Å². The minimum Gasteiger partial charge on any atom is -0.377 e. The second-order valence-electron chi connectivity index (χ2n) is 10.1. The van der Waals surface area contributed by atoms with Gasteiger partial charge in [-0.25, -0.2) is 0 Å². The van der Waals surface area contributed by atoms with Crippen molar-refractivity contribution >= 4 is 34.8 Å². The standard InChI is InChI=1S/C26H36ClN3O2/c1-18(2)16-30(24(31)15-26(3,4)5)17-19-14-20(12-13-23(19)29(6)7)28-25(32)21-10-8-9-11-22(21)27/h8-14,18H,15-17H2,1-7H3,(H,28,32). The van der Waals surface area contributed by atoms with E-state index in [9.17, 15) is 9.59 Å². The van der Waals surface area contributed by atoms with Crippen molar-refractivity contribution in [1.29, 1.82) is 0 Å². The molecule has 0 radical (unpaired) electrons. The van der Waals surface area contributed by atoms with E-state index in [1.165, 1.54) is 0 Å². The van der Waals surface area contributed by atoms with E-state index in [1.54, 1.807) is 24.3 Å². The first-order valence-corrected chi connectivity index (χ1v) is 11.4. The first kappa shape index (κ1) is 25.7. The molecule has 174 valence electrons. The van der Waals surface area contributed by atoms with E-state index in [-0.39, 0.29) is 17.2 Å². The van der Waals surface area contributed by atoms with Crippen molar-refractivity contribution in [3.8, 4) is 0 Å². The van der Waals surface area contributed by atoms with E-state index in [0.29, 0.717) is 41.7 Å². The summed E-state index contributed by atoms with van der Waals surface area (Å²) in [5.41, 5.74) is 3.01. The zero-order chi connectivity index (χ0) is 24.1. The van der Waals surface area contributed by atoms with Crippen molar-refractivity contribution in [3.63, 3.8) is 0 Å². The number of carbonyl (C=O) groups is 2. The van der Waals surface area contributed by atoms with Crippen LogP contribution in [0, 0.1) is 11.3 Å².